The number of anilines is 2. The van der Waals surface area contributed by atoms with E-state index in [-0.39, 0.29) is 6.79 Å². The van der Waals surface area contributed by atoms with E-state index in [1.165, 1.54) is 0 Å². The summed E-state index contributed by atoms with van der Waals surface area (Å²) in [6.45, 7) is 0.243. The molecule has 0 saturated carbocycles. The molecule has 0 saturated heterocycles. The van der Waals surface area contributed by atoms with E-state index in [0.29, 0.717) is 29.4 Å². The van der Waals surface area contributed by atoms with Gasteiger partial charge in [-0.2, -0.15) is 0 Å². The zero-order valence-corrected chi connectivity index (χ0v) is 12.8. The molecular formula is C17H15N5O2. The van der Waals surface area contributed by atoms with E-state index in [9.17, 15) is 0 Å². The van der Waals surface area contributed by atoms with Gasteiger partial charge in [0, 0.05) is 29.9 Å². The van der Waals surface area contributed by atoms with E-state index in [1.54, 1.807) is 12.4 Å². The molecule has 0 unspecified atom stereocenters. The third-order valence-corrected chi connectivity index (χ3v) is 3.83. The molecule has 4 rings (SSSR count). The maximum Gasteiger partial charge on any atom is 0.231 e. The SMILES string of the molecule is Nc1nc(-c2ccncc2)nc(N)c1Cc1ccc2c(c1)OCO2. The Morgan fingerprint density at radius 1 is 0.917 bits per heavy atom. The van der Waals surface area contributed by atoms with Crippen LogP contribution < -0.4 is 20.9 Å². The van der Waals surface area contributed by atoms with Gasteiger partial charge in [0.2, 0.25) is 6.79 Å². The molecule has 120 valence electrons. The highest BCUT2D eigenvalue weighted by Crippen LogP contribution is 2.34. The zero-order valence-electron chi connectivity index (χ0n) is 12.8. The summed E-state index contributed by atoms with van der Waals surface area (Å²) in [5, 5.41) is 0. The summed E-state index contributed by atoms with van der Waals surface area (Å²) in [5.41, 5.74) is 14.8. The third kappa shape index (κ3) is 2.56. The highest BCUT2D eigenvalue weighted by Gasteiger charge is 2.16. The van der Waals surface area contributed by atoms with Crippen LogP contribution in [0.15, 0.2) is 42.7 Å². The minimum Gasteiger partial charge on any atom is -0.454 e. The standard InChI is InChI=1S/C17H15N5O2/c18-15-12(7-10-1-2-13-14(8-10)24-9-23-13)16(19)22-17(21-15)11-3-5-20-6-4-11/h1-6,8H,7,9H2,(H4,18,19,21,22). The van der Waals surface area contributed by atoms with Crippen molar-refractivity contribution < 1.29 is 9.47 Å². The van der Waals surface area contributed by atoms with Crippen LogP contribution in [-0.4, -0.2) is 21.7 Å². The fourth-order valence-corrected chi connectivity index (χ4v) is 2.59. The van der Waals surface area contributed by atoms with Gasteiger partial charge in [0.25, 0.3) is 0 Å². The number of rotatable bonds is 3. The molecule has 2 aromatic heterocycles. The second-order valence-electron chi connectivity index (χ2n) is 5.40. The van der Waals surface area contributed by atoms with Gasteiger partial charge in [0.15, 0.2) is 17.3 Å². The topological polar surface area (TPSA) is 109 Å². The van der Waals surface area contributed by atoms with Gasteiger partial charge < -0.3 is 20.9 Å². The minimum atomic E-state index is 0.243. The lowest BCUT2D eigenvalue weighted by atomic mass is 10.1. The summed E-state index contributed by atoms with van der Waals surface area (Å²) < 4.78 is 10.7. The molecule has 0 radical (unpaired) electrons. The largest absolute Gasteiger partial charge is 0.454 e. The molecule has 3 heterocycles. The second-order valence-corrected chi connectivity index (χ2v) is 5.40. The predicted molar refractivity (Wildman–Crippen MR) is 89.5 cm³/mol. The molecule has 7 nitrogen and oxygen atoms in total. The molecule has 4 N–H and O–H groups in total. The average Bonchev–Trinajstić information content (AvgIpc) is 3.06. The summed E-state index contributed by atoms with van der Waals surface area (Å²) in [5.74, 6) is 2.68. The maximum atomic E-state index is 6.12. The van der Waals surface area contributed by atoms with Crippen molar-refractivity contribution in [3.63, 3.8) is 0 Å². The summed E-state index contributed by atoms with van der Waals surface area (Å²) in [4.78, 5) is 12.7. The summed E-state index contributed by atoms with van der Waals surface area (Å²) in [7, 11) is 0. The highest BCUT2D eigenvalue weighted by atomic mass is 16.7. The first kappa shape index (κ1) is 14.3. The van der Waals surface area contributed by atoms with Crippen molar-refractivity contribution in [2.45, 2.75) is 6.42 Å². The number of hydrogen-bond donors (Lipinski definition) is 2. The van der Waals surface area contributed by atoms with Crippen LogP contribution in [0, 0.1) is 0 Å². The van der Waals surface area contributed by atoms with E-state index < -0.39 is 0 Å². The highest BCUT2D eigenvalue weighted by molar-refractivity contribution is 5.64. The summed E-state index contributed by atoms with van der Waals surface area (Å²) in [6, 6.07) is 9.36. The first-order valence-electron chi connectivity index (χ1n) is 7.41. The van der Waals surface area contributed by atoms with Gasteiger partial charge in [0.05, 0.1) is 0 Å². The number of aromatic nitrogens is 3. The van der Waals surface area contributed by atoms with E-state index >= 15 is 0 Å². The molecule has 24 heavy (non-hydrogen) atoms. The molecule has 1 aliphatic heterocycles. The Morgan fingerprint density at radius 3 is 2.38 bits per heavy atom. The molecule has 3 aromatic rings. The zero-order chi connectivity index (χ0) is 16.5. The van der Waals surface area contributed by atoms with Gasteiger partial charge in [-0.1, -0.05) is 6.07 Å². The van der Waals surface area contributed by atoms with E-state index in [4.69, 9.17) is 20.9 Å². The van der Waals surface area contributed by atoms with Crippen molar-refractivity contribution in [2.24, 2.45) is 0 Å². The number of ether oxygens (including phenoxy) is 2. The molecule has 0 spiro atoms. The van der Waals surface area contributed by atoms with Crippen molar-refractivity contribution in [1.82, 2.24) is 15.0 Å². The molecule has 7 heteroatoms. The fraction of sp³-hybridized carbons (Fsp3) is 0.118. The van der Waals surface area contributed by atoms with E-state index in [1.807, 2.05) is 30.3 Å². The quantitative estimate of drug-likeness (QED) is 0.759. The van der Waals surface area contributed by atoms with Gasteiger partial charge in [-0.15, -0.1) is 0 Å². The Bertz CT molecular complexity index is 876. The summed E-state index contributed by atoms with van der Waals surface area (Å²) in [6.07, 6.45) is 3.86. The molecule has 1 aliphatic rings. The van der Waals surface area contributed by atoms with Crippen LogP contribution in [0.25, 0.3) is 11.4 Å². The van der Waals surface area contributed by atoms with Crippen LogP contribution >= 0.6 is 0 Å². The van der Waals surface area contributed by atoms with E-state index in [2.05, 4.69) is 15.0 Å². The lowest BCUT2D eigenvalue weighted by Crippen LogP contribution is -2.08. The van der Waals surface area contributed by atoms with Crippen LogP contribution in [0.3, 0.4) is 0 Å². The van der Waals surface area contributed by atoms with Crippen molar-refractivity contribution in [2.75, 3.05) is 18.3 Å². The van der Waals surface area contributed by atoms with Crippen molar-refractivity contribution in [1.29, 1.82) is 0 Å². The average molecular weight is 321 g/mol. The Labute approximate surface area is 138 Å². The van der Waals surface area contributed by atoms with Gasteiger partial charge in [-0.3, -0.25) is 4.98 Å². The van der Waals surface area contributed by atoms with Gasteiger partial charge in [-0.05, 0) is 29.8 Å². The molecule has 0 aliphatic carbocycles. The molecule has 0 atom stereocenters. The van der Waals surface area contributed by atoms with Crippen molar-refractivity contribution in [3.8, 4) is 22.9 Å². The number of benzene rings is 1. The second kappa shape index (κ2) is 5.69. The first-order chi connectivity index (χ1) is 11.7. The van der Waals surface area contributed by atoms with Crippen LogP contribution in [0.5, 0.6) is 11.5 Å². The van der Waals surface area contributed by atoms with Gasteiger partial charge in [-0.25, -0.2) is 9.97 Å². The van der Waals surface area contributed by atoms with Crippen molar-refractivity contribution >= 4 is 11.6 Å². The van der Waals surface area contributed by atoms with E-state index in [0.717, 1.165) is 22.6 Å². The molecule has 0 amide bonds. The number of fused-ring (bicyclic) bond motifs is 1. The molecular weight excluding hydrogens is 306 g/mol. The monoisotopic (exact) mass is 321 g/mol. The van der Waals surface area contributed by atoms with Crippen LogP contribution in [-0.2, 0) is 6.42 Å². The Morgan fingerprint density at radius 2 is 1.62 bits per heavy atom. The fourth-order valence-electron chi connectivity index (χ4n) is 2.59. The van der Waals surface area contributed by atoms with Crippen LogP contribution in [0.1, 0.15) is 11.1 Å². The number of nitrogen functional groups attached to an aromatic ring is 2. The Hall–Kier alpha value is -3.35. The lowest BCUT2D eigenvalue weighted by molar-refractivity contribution is 0.174. The minimum absolute atomic E-state index is 0.243. The van der Waals surface area contributed by atoms with Gasteiger partial charge in [0.1, 0.15) is 11.6 Å². The number of hydrogen-bond acceptors (Lipinski definition) is 7. The lowest BCUT2D eigenvalue weighted by Gasteiger charge is -2.11. The van der Waals surface area contributed by atoms with Crippen LogP contribution in [0.2, 0.25) is 0 Å². The van der Waals surface area contributed by atoms with Crippen LogP contribution in [0.4, 0.5) is 11.6 Å². The maximum absolute atomic E-state index is 6.12. The number of pyridine rings is 1. The Kier molecular flexibility index (Phi) is 3.38. The molecule has 0 fully saturated rings. The third-order valence-electron chi connectivity index (χ3n) is 3.83. The molecule has 1 aromatic carbocycles. The molecule has 0 bridgehead atoms. The summed E-state index contributed by atoms with van der Waals surface area (Å²) >= 11 is 0. The Balaban J connectivity index is 1.66. The van der Waals surface area contributed by atoms with Crippen molar-refractivity contribution in [3.05, 3.63) is 53.9 Å². The number of nitrogens with two attached hydrogens (primary N) is 2. The van der Waals surface area contributed by atoms with Gasteiger partial charge >= 0.3 is 0 Å². The normalized spacial score (nSPS) is 12.3. The number of nitrogens with zero attached hydrogens (tertiary/aromatic N) is 3. The predicted octanol–water partition coefficient (Wildman–Crippen LogP) is 2.02. The first-order valence-corrected chi connectivity index (χ1v) is 7.41. The smallest absolute Gasteiger partial charge is 0.231 e.